The molecule has 1 saturated heterocycles. The van der Waals surface area contributed by atoms with Gasteiger partial charge in [-0.05, 0) is 75.2 Å². The fourth-order valence-electron chi connectivity index (χ4n) is 8.30. The fraction of sp³-hybridized carbons (Fsp3) is 0.923. The summed E-state index contributed by atoms with van der Waals surface area (Å²) in [6, 6.07) is 0. The van der Waals surface area contributed by atoms with Gasteiger partial charge in [-0.1, -0.05) is 13.8 Å². The first-order valence-electron chi connectivity index (χ1n) is 12.9. The minimum Gasteiger partial charge on any atom is -0.393 e. The van der Waals surface area contributed by atoms with E-state index in [9.17, 15) is 24.9 Å². The van der Waals surface area contributed by atoms with E-state index < -0.39 is 23.4 Å². The van der Waals surface area contributed by atoms with Crippen LogP contribution in [0.5, 0.6) is 0 Å². The van der Waals surface area contributed by atoms with Crippen LogP contribution < -0.4 is 0 Å². The summed E-state index contributed by atoms with van der Waals surface area (Å²) in [5.41, 5.74) is -2.40. The maximum absolute atomic E-state index is 13.4. The molecule has 8 atom stereocenters. The van der Waals surface area contributed by atoms with E-state index in [2.05, 4.69) is 18.9 Å². The van der Waals surface area contributed by atoms with Crippen molar-refractivity contribution in [3.63, 3.8) is 0 Å². The normalized spacial score (nSPS) is 47.6. The number of aliphatic hydroxyl groups excluding tert-OH is 2. The highest BCUT2D eigenvalue weighted by Crippen LogP contribution is 2.67. The number of hydrogen-bond donors (Lipinski definition) is 3. The first-order chi connectivity index (χ1) is 15.6. The number of fused-ring (bicyclic) bond motifs is 5. The van der Waals surface area contributed by atoms with E-state index in [1.165, 1.54) is 0 Å². The minimum atomic E-state index is -1.58. The van der Waals surface area contributed by atoms with Gasteiger partial charge in [0.15, 0.2) is 5.78 Å². The van der Waals surface area contributed by atoms with E-state index in [1.54, 1.807) is 0 Å². The van der Waals surface area contributed by atoms with E-state index in [0.717, 1.165) is 64.8 Å². The van der Waals surface area contributed by atoms with E-state index >= 15 is 0 Å². The lowest BCUT2D eigenvalue weighted by molar-refractivity contribution is -0.180. The van der Waals surface area contributed by atoms with Crippen LogP contribution in [0.4, 0.5) is 0 Å². The smallest absolute Gasteiger partial charge is 0.190 e. The molecular weight excluding hydrogens is 422 g/mol. The molecule has 5 aliphatic rings. The third-order valence-corrected chi connectivity index (χ3v) is 10.3. The van der Waals surface area contributed by atoms with Crippen molar-refractivity contribution >= 4 is 11.6 Å². The summed E-state index contributed by atoms with van der Waals surface area (Å²) in [5.74, 6) is 0.380. The zero-order chi connectivity index (χ0) is 24.0. The number of morpholine rings is 1. The largest absolute Gasteiger partial charge is 0.393 e. The number of likely N-dealkylation sites (N-methyl/N-ethyl adjacent to an activating group) is 1. The molecule has 33 heavy (non-hydrogen) atoms. The number of ketones is 2. The van der Waals surface area contributed by atoms with Gasteiger partial charge >= 0.3 is 0 Å². The van der Waals surface area contributed by atoms with Gasteiger partial charge in [0.25, 0.3) is 0 Å². The number of Topliss-reactive ketones (excluding diaryl/α,β-unsaturated/α-hetero) is 2. The molecule has 5 fully saturated rings. The zero-order valence-corrected chi connectivity index (χ0v) is 20.6. The Labute approximate surface area is 197 Å². The number of rotatable bonds is 2. The molecule has 0 aromatic carbocycles. The second kappa shape index (κ2) is 9.30. The maximum atomic E-state index is 13.4. The van der Waals surface area contributed by atoms with Crippen molar-refractivity contribution in [2.75, 3.05) is 40.0 Å². The van der Waals surface area contributed by atoms with Crippen LogP contribution >= 0.6 is 0 Å². The SMILES string of the molecule is CN1CCOCC1.C[C@]12CC[C@@H](O)C[C@H]1CC[C@@H]1[C@@H]2C(=O)C[C@@]2(C)[C@H]1CC[C@]2(O)C(=O)CO. The molecule has 1 heterocycles. The van der Waals surface area contributed by atoms with Crippen LogP contribution in [-0.2, 0) is 14.3 Å². The maximum Gasteiger partial charge on any atom is 0.190 e. The predicted octanol–water partition coefficient (Wildman–Crippen LogP) is 1.81. The number of carbonyl (C=O) groups is 2. The predicted molar refractivity (Wildman–Crippen MR) is 123 cm³/mol. The first kappa shape index (κ1) is 25.2. The van der Waals surface area contributed by atoms with Crippen LogP contribution in [-0.4, -0.2) is 83.4 Å². The van der Waals surface area contributed by atoms with Crippen molar-refractivity contribution in [1.82, 2.24) is 4.90 Å². The van der Waals surface area contributed by atoms with Crippen molar-refractivity contribution in [3.05, 3.63) is 0 Å². The average molecular weight is 466 g/mol. The quantitative estimate of drug-likeness (QED) is 0.571. The summed E-state index contributed by atoms with van der Waals surface area (Å²) >= 11 is 0. The molecule has 7 nitrogen and oxygen atoms in total. The van der Waals surface area contributed by atoms with Crippen LogP contribution in [0.3, 0.4) is 0 Å². The van der Waals surface area contributed by atoms with Gasteiger partial charge in [0.2, 0.25) is 0 Å². The van der Waals surface area contributed by atoms with Crippen molar-refractivity contribution in [1.29, 1.82) is 0 Å². The second-order valence-corrected chi connectivity index (χ2v) is 11.9. The molecule has 0 spiro atoms. The van der Waals surface area contributed by atoms with Gasteiger partial charge in [-0.15, -0.1) is 0 Å². The van der Waals surface area contributed by atoms with Gasteiger partial charge in [0, 0.05) is 30.8 Å². The molecule has 7 heteroatoms. The van der Waals surface area contributed by atoms with Gasteiger partial charge in [0.05, 0.1) is 19.3 Å². The highest BCUT2D eigenvalue weighted by molar-refractivity contribution is 5.92. The average Bonchev–Trinajstić information content (AvgIpc) is 3.05. The molecule has 0 radical (unpaired) electrons. The number of hydrogen-bond acceptors (Lipinski definition) is 7. The lowest BCUT2D eigenvalue weighted by Gasteiger charge is -2.60. The summed E-state index contributed by atoms with van der Waals surface area (Å²) in [6.07, 6.45) is 5.47. The number of nitrogens with zero attached hydrogens (tertiary/aromatic N) is 1. The van der Waals surface area contributed by atoms with Crippen molar-refractivity contribution in [2.24, 2.45) is 34.5 Å². The van der Waals surface area contributed by atoms with Crippen LogP contribution in [0.2, 0.25) is 0 Å². The molecule has 0 aromatic heterocycles. The van der Waals surface area contributed by atoms with Gasteiger partial charge in [-0.25, -0.2) is 0 Å². The molecule has 1 aliphatic heterocycles. The summed E-state index contributed by atoms with van der Waals surface area (Å²) in [4.78, 5) is 28.0. The first-order valence-corrected chi connectivity index (χ1v) is 12.9. The Balaban J connectivity index is 0.000000318. The number of ether oxygens (including phenoxy) is 1. The van der Waals surface area contributed by atoms with Crippen LogP contribution in [0, 0.1) is 34.5 Å². The van der Waals surface area contributed by atoms with Crippen molar-refractivity contribution in [3.8, 4) is 0 Å². The molecule has 0 amide bonds. The van der Waals surface area contributed by atoms with Gasteiger partial charge in [-0.3, -0.25) is 9.59 Å². The summed E-state index contributed by atoms with van der Waals surface area (Å²) in [5, 5.41) is 30.6. The zero-order valence-electron chi connectivity index (χ0n) is 20.6. The minimum absolute atomic E-state index is 0.0154. The molecule has 0 unspecified atom stereocenters. The Kier molecular flexibility index (Phi) is 7.12. The van der Waals surface area contributed by atoms with Crippen molar-refractivity contribution < 1.29 is 29.6 Å². The summed E-state index contributed by atoms with van der Waals surface area (Å²) < 4.78 is 5.10. The molecule has 0 bridgehead atoms. The molecule has 4 aliphatic carbocycles. The van der Waals surface area contributed by atoms with Gasteiger partial charge < -0.3 is 25.0 Å². The Bertz CT molecular complexity index is 753. The molecule has 188 valence electrons. The van der Waals surface area contributed by atoms with Gasteiger partial charge in [0.1, 0.15) is 18.0 Å². The molecular formula is C26H43NO6. The number of aliphatic hydroxyl groups is 3. The highest BCUT2D eigenvalue weighted by atomic mass is 16.5. The van der Waals surface area contributed by atoms with E-state index in [0.29, 0.717) is 12.3 Å². The fourth-order valence-corrected chi connectivity index (χ4v) is 8.30. The second-order valence-electron chi connectivity index (χ2n) is 11.9. The van der Waals surface area contributed by atoms with E-state index in [1.807, 2.05) is 6.92 Å². The van der Waals surface area contributed by atoms with E-state index in [-0.39, 0.29) is 41.5 Å². The lowest BCUT2D eigenvalue weighted by Crippen LogP contribution is -2.62. The molecule has 4 saturated carbocycles. The third-order valence-electron chi connectivity index (χ3n) is 10.3. The van der Waals surface area contributed by atoms with Crippen LogP contribution in [0.15, 0.2) is 0 Å². The topological polar surface area (TPSA) is 107 Å². The monoisotopic (exact) mass is 465 g/mol. The Morgan fingerprint density at radius 2 is 1.82 bits per heavy atom. The third kappa shape index (κ3) is 4.12. The van der Waals surface area contributed by atoms with E-state index in [4.69, 9.17) is 4.74 Å². The Morgan fingerprint density at radius 1 is 1.12 bits per heavy atom. The number of carbonyl (C=O) groups excluding carboxylic acids is 2. The highest BCUT2D eigenvalue weighted by Gasteiger charge is 2.68. The molecule has 0 aromatic rings. The Morgan fingerprint density at radius 3 is 2.42 bits per heavy atom. The van der Waals surface area contributed by atoms with Crippen LogP contribution in [0.25, 0.3) is 0 Å². The van der Waals surface area contributed by atoms with Gasteiger partial charge in [-0.2, -0.15) is 0 Å². The summed E-state index contributed by atoms with van der Waals surface area (Å²) in [6.45, 7) is 7.48. The van der Waals surface area contributed by atoms with Crippen LogP contribution in [0.1, 0.15) is 65.2 Å². The summed E-state index contributed by atoms with van der Waals surface area (Å²) in [7, 11) is 2.11. The standard InChI is InChI=1S/C21H32O5.C5H11NO/c1-19-7-5-13(23)9-12(19)3-4-14-15-6-8-21(26,17(25)11-22)20(15,2)10-16(24)18(14)19;1-6-2-4-7-5-3-6/h12-15,18,22-23,26H,3-11H2,1-2H3;2-5H2,1H3/t12-,13-,14+,15+,18-,19+,20+,21+;/m1./s1. The lowest BCUT2D eigenvalue weighted by atomic mass is 9.44. The molecule has 5 rings (SSSR count). The Hall–Kier alpha value is -0.860. The van der Waals surface area contributed by atoms with Crippen molar-refractivity contribution in [2.45, 2.75) is 76.9 Å². The molecule has 3 N–H and O–H groups in total.